The zero-order valence-corrected chi connectivity index (χ0v) is 9.47. The predicted molar refractivity (Wildman–Crippen MR) is 56.7 cm³/mol. The Labute approximate surface area is 82.4 Å². The lowest BCUT2D eigenvalue weighted by molar-refractivity contribution is 0.485. The van der Waals surface area contributed by atoms with Gasteiger partial charge in [0.25, 0.3) is 10.1 Å². The molecule has 0 aromatic heterocycles. The number of rotatable bonds is 7. The molecule has 0 saturated carbocycles. The average molecular weight is 230 g/mol. The summed E-state index contributed by atoms with van der Waals surface area (Å²) in [6, 6.07) is 0. The SMILES string of the molecule is CCSCCSCCS(=O)(=O)O. The van der Waals surface area contributed by atoms with Gasteiger partial charge in [-0.2, -0.15) is 31.9 Å². The van der Waals surface area contributed by atoms with Crippen molar-refractivity contribution in [3.8, 4) is 0 Å². The summed E-state index contributed by atoms with van der Waals surface area (Å²) in [6.45, 7) is 2.09. The zero-order valence-electron chi connectivity index (χ0n) is 7.02. The number of hydrogen-bond donors (Lipinski definition) is 1. The van der Waals surface area contributed by atoms with E-state index in [1.54, 1.807) is 11.8 Å². The van der Waals surface area contributed by atoms with Crippen LogP contribution in [0.25, 0.3) is 0 Å². The highest BCUT2D eigenvalue weighted by atomic mass is 32.2. The van der Waals surface area contributed by atoms with Gasteiger partial charge < -0.3 is 0 Å². The molecule has 1 N–H and O–H groups in total. The van der Waals surface area contributed by atoms with Crippen molar-refractivity contribution in [1.82, 2.24) is 0 Å². The van der Waals surface area contributed by atoms with E-state index in [-0.39, 0.29) is 5.75 Å². The minimum absolute atomic E-state index is 0.130. The van der Waals surface area contributed by atoms with Crippen LogP contribution in [0.1, 0.15) is 6.92 Å². The first-order valence-corrected chi connectivity index (χ1v) is 7.58. The molecule has 0 amide bonds. The van der Waals surface area contributed by atoms with Gasteiger partial charge in [-0.15, -0.1) is 0 Å². The fourth-order valence-corrected chi connectivity index (χ4v) is 3.28. The summed E-state index contributed by atoms with van der Waals surface area (Å²) in [5.74, 6) is 3.46. The third kappa shape index (κ3) is 10.6. The molecule has 0 rings (SSSR count). The summed E-state index contributed by atoms with van der Waals surface area (Å²) >= 11 is 3.39. The lowest BCUT2D eigenvalue weighted by atomic mass is 10.9. The predicted octanol–water partition coefficient (Wildman–Crippen LogP) is 1.36. The Balaban J connectivity index is 3.12. The van der Waals surface area contributed by atoms with E-state index in [1.807, 2.05) is 11.8 Å². The van der Waals surface area contributed by atoms with Crippen molar-refractivity contribution in [2.45, 2.75) is 6.92 Å². The van der Waals surface area contributed by atoms with Gasteiger partial charge in [0.05, 0.1) is 5.75 Å². The molecule has 0 fully saturated rings. The van der Waals surface area contributed by atoms with Gasteiger partial charge in [0.2, 0.25) is 0 Å². The van der Waals surface area contributed by atoms with E-state index in [4.69, 9.17) is 4.55 Å². The lowest BCUT2D eigenvalue weighted by Crippen LogP contribution is -2.06. The van der Waals surface area contributed by atoms with E-state index in [0.717, 1.165) is 17.3 Å². The monoisotopic (exact) mass is 230 g/mol. The van der Waals surface area contributed by atoms with Crippen LogP contribution >= 0.6 is 23.5 Å². The van der Waals surface area contributed by atoms with Crippen LogP contribution in [0.4, 0.5) is 0 Å². The summed E-state index contributed by atoms with van der Waals surface area (Å²) in [7, 11) is -3.74. The molecule has 3 nitrogen and oxygen atoms in total. The summed E-state index contributed by atoms with van der Waals surface area (Å²) in [5, 5.41) is 0. The first kappa shape index (κ1) is 12.6. The van der Waals surface area contributed by atoms with E-state index in [0.29, 0.717) is 5.75 Å². The van der Waals surface area contributed by atoms with Gasteiger partial charge >= 0.3 is 0 Å². The molecule has 0 aliphatic carbocycles. The zero-order chi connectivity index (χ0) is 9.45. The van der Waals surface area contributed by atoms with Crippen LogP contribution in [0.3, 0.4) is 0 Å². The second-order valence-corrected chi connectivity index (χ2v) is 6.29. The normalized spacial score (nSPS) is 11.8. The third-order valence-corrected chi connectivity index (χ3v) is 4.19. The summed E-state index contributed by atoms with van der Waals surface area (Å²) < 4.78 is 28.9. The van der Waals surface area contributed by atoms with Crippen molar-refractivity contribution in [2.24, 2.45) is 0 Å². The molecule has 0 aliphatic rings. The maximum atomic E-state index is 10.3. The van der Waals surface area contributed by atoms with Crippen molar-refractivity contribution >= 4 is 33.6 Å². The molecule has 12 heavy (non-hydrogen) atoms. The third-order valence-electron chi connectivity index (χ3n) is 1.06. The Bertz CT molecular complexity index is 188. The largest absolute Gasteiger partial charge is 0.286 e. The fourth-order valence-electron chi connectivity index (χ4n) is 0.528. The van der Waals surface area contributed by atoms with Gasteiger partial charge in [0.1, 0.15) is 0 Å². The number of thioether (sulfide) groups is 2. The molecule has 0 aromatic carbocycles. The topological polar surface area (TPSA) is 54.4 Å². The summed E-state index contributed by atoms with van der Waals surface area (Å²) in [5.41, 5.74) is 0. The van der Waals surface area contributed by atoms with Gasteiger partial charge in [-0.25, -0.2) is 0 Å². The fraction of sp³-hybridized carbons (Fsp3) is 1.00. The standard InChI is InChI=1S/C6H14O3S3/c1-2-10-3-4-11-5-6-12(7,8)9/h2-6H2,1H3,(H,7,8,9). The molecule has 0 spiro atoms. The van der Waals surface area contributed by atoms with Crippen molar-refractivity contribution in [3.05, 3.63) is 0 Å². The van der Waals surface area contributed by atoms with Gasteiger partial charge in [0, 0.05) is 17.3 Å². The molecule has 0 radical (unpaired) electrons. The minimum atomic E-state index is -3.74. The first-order chi connectivity index (χ1) is 5.56. The molecule has 0 aliphatic heterocycles. The van der Waals surface area contributed by atoms with Gasteiger partial charge in [0.15, 0.2) is 0 Å². The van der Waals surface area contributed by atoms with Crippen LogP contribution in [0.15, 0.2) is 0 Å². The summed E-state index contributed by atoms with van der Waals surface area (Å²) in [6.07, 6.45) is 0. The maximum absolute atomic E-state index is 10.3. The van der Waals surface area contributed by atoms with Crippen LogP contribution in [0, 0.1) is 0 Å². The molecule has 74 valence electrons. The first-order valence-electron chi connectivity index (χ1n) is 3.67. The van der Waals surface area contributed by atoms with Crippen LogP contribution in [-0.4, -0.2) is 41.7 Å². The Morgan fingerprint density at radius 2 is 1.75 bits per heavy atom. The molecule has 0 bridgehead atoms. The van der Waals surface area contributed by atoms with Crippen LogP contribution in [-0.2, 0) is 10.1 Å². The molecular formula is C6H14O3S3. The maximum Gasteiger partial charge on any atom is 0.265 e. The van der Waals surface area contributed by atoms with Gasteiger partial charge in [-0.05, 0) is 5.75 Å². The van der Waals surface area contributed by atoms with Crippen LogP contribution < -0.4 is 0 Å². The summed E-state index contributed by atoms with van der Waals surface area (Å²) in [4.78, 5) is 0. The Hall–Kier alpha value is 0.610. The van der Waals surface area contributed by atoms with E-state index in [1.165, 1.54) is 0 Å². The molecule has 0 aromatic rings. The second kappa shape index (κ2) is 7.06. The van der Waals surface area contributed by atoms with Crippen molar-refractivity contribution < 1.29 is 13.0 Å². The molecular weight excluding hydrogens is 216 g/mol. The van der Waals surface area contributed by atoms with Crippen molar-refractivity contribution in [3.63, 3.8) is 0 Å². The van der Waals surface area contributed by atoms with Crippen molar-refractivity contribution in [2.75, 3.05) is 28.8 Å². The number of hydrogen-bond acceptors (Lipinski definition) is 4. The Kier molecular flexibility index (Phi) is 7.41. The molecule has 0 heterocycles. The molecule has 6 heteroatoms. The highest BCUT2D eigenvalue weighted by molar-refractivity contribution is 8.03. The highest BCUT2D eigenvalue weighted by Crippen LogP contribution is 2.06. The Morgan fingerprint density at radius 1 is 1.17 bits per heavy atom. The lowest BCUT2D eigenvalue weighted by Gasteiger charge is -1.98. The van der Waals surface area contributed by atoms with E-state index >= 15 is 0 Å². The minimum Gasteiger partial charge on any atom is -0.286 e. The van der Waals surface area contributed by atoms with Crippen molar-refractivity contribution in [1.29, 1.82) is 0 Å². The highest BCUT2D eigenvalue weighted by Gasteiger charge is 2.02. The smallest absolute Gasteiger partial charge is 0.265 e. The van der Waals surface area contributed by atoms with Gasteiger partial charge in [-0.3, -0.25) is 4.55 Å². The van der Waals surface area contributed by atoms with E-state index in [2.05, 4.69) is 6.92 Å². The van der Waals surface area contributed by atoms with Crippen LogP contribution in [0.2, 0.25) is 0 Å². The quantitative estimate of drug-likeness (QED) is 0.528. The second-order valence-electron chi connectivity index (χ2n) is 2.10. The van der Waals surface area contributed by atoms with Crippen LogP contribution in [0.5, 0.6) is 0 Å². The molecule has 0 atom stereocenters. The van der Waals surface area contributed by atoms with Gasteiger partial charge in [-0.1, -0.05) is 6.92 Å². The Morgan fingerprint density at radius 3 is 2.25 bits per heavy atom. The van der Waals surface area contributed by atoms with E-state index in [9.17, 15) is 8.42 Å². The van der Waals surface area contributed by atoms with E-state index < -0.39 is 10.1 Å². The average Bonchev–Trinajstić information content (AvgIpc) is 1.94. The molecule has 0 unspecified atom stereocenters. The molecule has 0 saturated heterocycles.